The smallest absolute Gasteiger partial charge is 0.194 e. The third-order valence-corrected chi connectivity index (χ3v) is 5.62. The standard InChI is InChI=1S/C20H12Br2O/c1-11-8-17-16(10-19(11)22)14-5-3-2-4-13(14)15-7-6-12(21)9-18(15)20(17)23/h2-10H,1H3. The highest BCUT2D eigenvalue weighted by Gasteiger charge is 2.10. The van der Waals surface area contributed by atoms with Crippen molar-refractivity contribution in [1.29, 1.82) is 0 Å². The first kappa shape index (κ1) is 14.9. The molecule has 0 aliphatic carbocycles. The van der Waals surface area contributed by atoms with Crippen molar-refractivity contribution in [3.05, 3.63) is 79.3 Å². The third kappa shape index (κ3) is 2.30. The van der Waals surface area contributed by atoms with Gasteiger partial charge >= 0.3 is 0 Å². The van der Waals surface area contributed by atoms with Crippen LogP contribution in [-0.2, 0) is 0 Å². The molecule has 0 fully saturated rings. The average molecular weight is 428 g/mol. The van der Waals surface area contributed by atoms with E-state index in [1.54, 1.807) is 0 Å². The summed E-state index contributed by atoms with van der Waals surface area (Å²) in [4.78, 5) is 13.2. The molecule has 112 valence electrons. The van der Waals surface area contributed by atoms with Gasteiger partial charge in [-0.25, -0.2) is 0 Å². The average Bonchev–Trinajstić information content (AvgIpc) is 2.64. The molecule has 0 spiro atoms. The summed E-state index contributed by atoms with van der Waals surface area (Å²) in [6, 6.07) is 18.2. The van der Waals surface area contributed by atoms with E-state index in [1.807, 2.05) is 43.3 Å². The predicted octanol–water partition coefficient (Wildman–Crippen LogP) is 6.34. The van der Waals surface area contributed by atoms with E-state index in [1.165, 1.54) is 0 Å². The van der Waals surface area contributed by atoms with E-state index >= 15 is 0 Å². The molecule has 0 unspecified atom stereocenters. The van der Waals surface area contributed by atoms with Crippen LogP contribution in [0.2, 0.25) is 0 Å². The van der Waals surface area contributed by atoms with Crippen molar-refractivity contribution in [2.24, 2.45) is 0 Å². The predicted molar refractivity (Wildman–Crippen MR) is 105 cm³/mol. The largest absolute Gasteiger partial charge is 0.289 e. The Balaban J connectivity index is 2.48. The van der Waals surface area contributed by atoms with E-state index in [2.05, 4.69) is 50.1 Å². The van der Waals surface area contributed by atoms with Gasteiger partial charge in [0.2, 0.25) is 0 Å². The molecule has 0 aliphatic rings. The van der Waals surface area contributed by atoms with Crippen LogP contribution in [0, 0.1) is 6.92 Å². The quantitative estimate of drug-likeness (QED) is 0.320. The summed E-state index contributed by atoms with van der Waals surface area (Å²) in [7, 11) is 0. The fourth-order valence-corrected chi connectivity index (χ4v) is 3.83. The van der Waals surface area contributed by atoms with Crippen molar-refractivity contribution in [2.45, 2.75) is 6.92 Å². The molecule has 0 bridgehead atoms. The second-order valence-electron chi connectivity index (χ2n) is 5.71. The zero-order valence-corrected chi connectivity index (χ0v) is 15.5. The first-order valence-corrected chi connectivity index (χ1v) is 8.89. The summed E-state index contributed by atoms with van der Waals surface area (Å²) in [5.74, 6) is 0. The van der Waals surface area contributed by atoms with E-state index in [-0.39, 0.29) is 5.43 Å². The Morgan fingerprint density at radius 1 is 0.696 bits per heavy atom. The molecule has 0 heterocycles. The lowest BCUT2D eigenvalue weighted by atomic mass is 10.0. The van der Waals surface area contributed by atoms with Gasteiger partial charge in [-0.3, -0.25) is 4.79 Å². The first-order valence-electron chi connectivity index (χ1n) is 7.30. The molecule has 0 N–H and O–H groups in total. The highest BCUT2D eigenvalue weighted by molar-refractivity contribution is 9.10. The number of hydrogen-bond donors (Lipinski definition) is 0. The van der Waals surface area contributed by atoms with Crippen LogP contribution >= 0.6 is 31.9 Å². The van der Waals surface area contributed by atoms with Crippen LogP contribution in [0.4, 0.5) is 0 Å². The second-order valence-corrected chi connectivity index (χ2v) is 7.48. The molecule has 0 saturated heterocycles. The number of aryl methyl sites for hydroxylation is 1. The van der Waals surface area contributed by atoms with Gasteiger partial charge in [0, 0.05) is 19.7 Å². The number of benzene rings is 3. The second kappa shape index (κ2) is 5.43. The monoisotopic (exact) mass is 426 g/mol. The van der Waals surface area contributed by atoms with Gasteiger partial charge in [0.25, 0.3) is 0 Å². The van der Waals surface area contributed by atoms with Crippen LogP contribution in [0.3, 0.4) is 0 Å². The Morgan fingerprint density at radius 2 is 1.30 bits per heavy atom. The van der Waals surface area contributed by atoms with Gasteiger partial charge in [-0.2, -0.15) is 0 Å². The molecule has 0 aliphatic heterocycles. The zero-order valence-electron chi connectivity index (χ0n) is 12.4. The maximum Gasteiger partial charge on any atom is 0.194 e. The Hall–Kier alpha value is -1.71. The first-order chi connectivity index (χ1) is 11.1. The normalized spacial score (nSPS) is 11.4. The van der Waals surface area contributed by atoms with E-state index in [0.29, 0.717) is 0 Å². The minimum absolute atomic E-state index is 0.0723. The lowest BCUT2D eigenvalue weighted by Crippen LogP contribution is -1.99. The van der Waals surface area contributed by atoms with Crippen molar-refractivity contribution in [3.63, 3.8) is 0 Å². The number of halogens is 2. The molecule has 4 aromatic carbocycles. The summed E-state index contributed by atoms with van der Waals surface area (Å²) in [6.45, 7) is 2.01. The van der Waals surface area contributed by atoms with Crippen LogP contribution in [0.15, 0.2) is 68.3 Å². The molecule has 0 amide bonds. The summed E-state index contributed by atoms with van der Waals surface area (Å²) < 4.78 is 1.94. The maximum absolute atomic E-state index is 13.2. The Kier molecular flexibility index (Phi) is 3.51. The summed E-state index contributed by atoms with van der Waals surface area (Å²) in [5, 5.41) is 5.66. The van der Waals surface area contributed by atoms with Crippen molar-refractivity contribution >= 4 is 64.2 Å². The molecular weight excluding hydrogens is 416 g/mol. The highest BCUT2D eigenvalue weighted by Crippen LogP contribution is 2.32. The summed E-state index contributed by atoms with van der Waals surface area (Å²) >= 11 is 7.09. The topological polar surface area (TPSA) is 17.1 Å². The van der Waals surface area contributed by atoms with Gasteiger partial charge in [-0.1, -0.05) is 62.2 Å². The van der Waals surface area contributed by atoms with Crippen LogP contribution in [0.1, 0.15) is 5.56 Å². The molecule has 1 nitrogen and oxygen atoms in total. The van der Waals surface area contributed by atoms with Crippen molar-refractivity contribution in [3.8, 4) is 0 Å². The van der Waals surface area contributed by atoms with E-state index in [0.717, 1.165) is 46.8 Å². The minimum atomic E-state index is 0.0723. The lowest BCUT2D eigenvalue weighted by molar-refractivity contribution is 1.46. The van der Waals surface area contributed by atoms with Crippen LogP contribution in [0.25, 0.3) is 32.3 Å². The molecule has 3 heteroatoms. The number of hydrogen-bond acceptors (Lipinski definition) is 1. The van der Waals surface area contributed by atoms with Crippen molar-refractivity contribution < 1.29 is 0 Å². The number of rotatable bonds is 0. The lowest BCUT2D eigenvalue weighted by Gasteiger charge is -2.02. The van der Waals surface area contributed by atoms with Crippen LogP contribution < -0.4 is 5.43 Å². The van der Waals surface area contributed by atoms with Gasteiger partial charge in [0.1, 0.15) is 0 Å². The Morgan fingerprint density at radius 3 is 2.04 bits per heavy atom. The fourth-order valence-electron chi connectivity index (χ4n) is 3.13. The molecule has 0 saturated carbocycles. The van der Waals surface area contributed by atoms with Crippen LogP contribution in [-0.4, -0.2) is 0 Å². The molecular formula is C20H12Br2O. The molecule has 0 radical (unpaired) electrons. The van der Waals surface area contributed by atoms with E-state index in [9.17, 15) is 4.79 Å². The third-order valence-electron chi connectivity index (χ3n) is 4.28. The van der Waals surface area contributed by atoms with Gasteiger partial charge in [0.05, 0.1) is 0 Å². The van der Waals surface area contributed by atoms with Gasteiger partial charge in [-0.15, -0.1) is 0 Å². The van der Waals surface area contributed by atoms with Gasteiger partial charge < -0.3 is 0 Å². The van der Waals surface area contributed by atoms with Crippen LogP contribution in [0.5, 0.6) is 0 Å². The molecule has 4 rings (SSSR count). The molecule has 23 heavy (non-hydrogen) atoms. The summed E-state index contributed by atoms with van der Waals surface area (Å²) in [6.07, 6.45) is 0. The summed E-state index contributed by atoms with van der Waals surface area (Å²) in [5.41, 5.74) is 1.14. The van der Waals surface area contributed by atoms with E-state index < -0.39 is 0 Å². The molecule has 4 aromatic rings. The SMILES string of the molecule is Cc1cc2c(=O)c3cc(Br)ccc3c3ccccc3c2cc1Br. The van der Waals surface area contributed by atoms with Gasteiger partial charge in [-0.05, 0) is 58.3 Å². The maximum atomic E-state index is 13.2. The number of fused-ring (bicyclic) bond motifs is 5. The van der Waals surface area contributed by atoms with Crippen molar-refractivity contribution in [2.75, 3.05) is 0 Å². The van der Waals surface area contributed by atoms with E-state index in [4.69, 9.17) is 0 Å². The van der Waals surface area contributed by atoms with Gasteiger partial charge in [0.15, 0.2) is 5.43 Å². The molecule has 0 aromatic heterocycles. The minimum Gasteiger partial charge on any atom is -0.289 e. The Bertz CT molecular complexity index is 1160. The fraction of sp³-hybridized carbons (Fsp3) is 0.0500. The highest BCUT2D eigenvalue weighted by atomic mass is 79.9. The van der Waals surface area contributed by atoms with Crippen molar-refractivity contribution in [1.82, 2.24) is 0 Å². The zero-order chi connectivity index (χ0) is 16.1. The Labute approximate surface area is 150 Å². The molecule has 0 atom stereocenters.